The van der Waals surface area contributed by atoms with Crippen LogP contribution in [0.4, 0.5) is 0 Å². The molecule has 0 bridgehead atoms. The fourth-order valence-electron chi connectivity index (χ4n) is 3.21. The maximum absolute atomic E-state index is 10.2. The average Bonchev–Trinajstić information content (AvgIpc) is 2.83. The molecule has 2 aliphatic rings. The SMILES string of the molecule is Cc1ccc2c(c1)[C@@H](O)CC(C1CCCC1)O2. The summed E-state index contributed by atoms with van der Waals surface area (Å²) in [4.78, 5) is 0. The Morgan fingerprint density at radius 2 is 2.00 bits per heavy atom. The first-order valence-corrected chi connectivity index (χ1v) is 6.69. The van der Waals surface area contributed by atoms with E-state index < -0.39 is 0 Å². The van der Waals surface area contributed by atoms with Crippen LogP contribution in [0, 0.1) is 12.8 Å². The van der Waals surface area contributed by atoms with Gasteiger partial charge in [-0.1, -0.05) is 24.5 Å². The summed E-state index contributed by atoms with van der Waals surface area (Å²) in [6.07, 6.45) is 5.81. The first kappa shape index (κ1) is 11.1. The van der Waals surface area contributed by atoms with Gasteiger partial charge in [0.15, 0.2) is 0 Å². The number of aliphatic hydroxyl groups excluding tert-OH is 1. The Bertz CT molecular complexity index is 407. The lowest BCUT2D eigenvalue weighted by Crippen LogP contribution is -2.31. The number of aliphatic hydroxyl groups is 1. The third-order valence-electron chi connectivity index (χ3n) is 4.18. The van der Waals surface area contributed by atoms with Crippen LogP contribution in [0.15, 0.2) is 18.2 Å². The third-order valence-corrected chi connectivity index (χ3v) is 4.18. The molecule has 0 aromatic heterocycles. The van der Waals surface area contributed by atoms with Crippen LogP contribution in [0.5, 0.6) is 5.75 Å². The van der Waals surface area contributed by atoms with Gasteiger partial charge in [0, 0.05) is 12.0 Å². The smallest absolute Gasteiger partial charge is 0.125 e. The van der Waals surface area contributed by atoms with E-state index in [1.54, 1.807) is 0 Å². The van der Waals surface area contributed by atoms with Gasteiger partial charge in [-0.25, -0.2) is 0 Å². The molecule has 1 saturated carbocycles. The molecular weight excluding hydrogens is 212 g/mol. The molecule has 0 radical (unpaired) electrons. The van der Waals surface area contributed by atoms with Gasteiger partial charge in [0.05, 0.1) is 6.10 Å². The van der Waals surface area contributed by atoms with Crippen molar-refractivity contribution >= 4 is 0 Å². The summed E-state index contributed by atoms with van der Waals surface area (Å²) >= 11 is 0. The Morgan fingerprint density at radius 1 is 1.24 bits per heavy atom. The molecule has 0 saturated heterocycles. The summed E-state index contributed by atoms with van der Waals surface area (Å²) in [6, 6.07) is 6.11. The van der Waals surface area contributed by atoms with Crippen molar-refractivity contribution in [3.63, 3.8) is 0 Å². The van der Waals surface area contributed by atoms with Crippen LogP contribution in [0.3, 0.4) is 0 Å². The molecule has 2 atom stereocenters. The Hall–Kier alpha value is -1.02. The molecule has 92 valence electrons. The zero-order valence-electron chi connectivity index (χ0n) is 10.4. The van der Waals surface area contributed by atoms with Crippen LogP contribution in [-0.4, -0.2) is 11.2 Å². The van der Waals surface area contributed by atoms with E-state index in [1.807, 2.05) is 12.1 Å². The second-order valence-electron chi connectivity index (χ2n) is 5.49. The fourth-order valence-corrected chi connectivity index (χ4v) is 3.21. The Morgan fingerprint density at radius 3 is 2.76 bits per heavy atom. The zero-order valence-corrected chi connectivity index (χ0v) is 10.4. The minimum Gasteiger partial charge on any atom is -0.490 e. The van der Waals surface area contributed by atoms with E-state index in [4.69, 9.17) is 4.74 Å². The molecule has 17 heavy (non-hydrogen) atoms. The normalized spacial score (nSPS) is 28.8. The van der Waals surface area contributed by atoms with Gasteiger partial charge in [0.25, 0.3) is 0 Å². The number of fused-ring (bicyclic) bond motifs is 1. The van der Waals surface area contributed by atoms with E-state index in [1.165, 1.54) is 31.2 Å². The monoisotopic (exact) mass is 232 g/mol. The molecule has 2 nitrogen and oxygen atoms in total. The molecule has 2 heteroatoms. The third kappa shape index (κ3) is 2.06. The van der Waals surface area contributed by atoms with Crippen molar-refractivity contribution in [3.05, 3.63) is 29.3 Å². The number of hydrogen-bond acceptors (Lipinski definition) is 2. The molecule has 3 rings (SSSR count). The van der Waals surface area contributed by atoms with Gasteiger partial charge in [-0.2, -0.15) is 0 Å². The van der Waals surface area contributed by atoms with Gasteiger partial charge in [-0.05, 0) is 37.8 Å². The number of hydrogen-bond donors (Lipinski definition) is 1. The standard InChI is InChI=1S/C15H20O2/c1-10-6-7-14-12(8-10)13(16)9-15(17-14)11-4-2-3-5-11/h6-8,11,13,15-16H,2-5,9H2,1H3/t13-,15?/m0/s1. The van der Waals surface area contributed by atoms with Crippen molar-refractivity contribution in [1.29, 1.82) is 0 Å². The second kappa shape index (κ2) is 4.34. The fraction of sp³-hybridized carbons (Fsp3) is 0.600. The van der Waals surface area contributed by atoms with E-state index in [0.29, 0.717) is 5.92 Å². The lowest BCUT2D eigenvalue weighted by Gasteiger charge is -2.33. The van der Waals surface area contributed by atoms with Gasteiger partial charge >= 0.3 is 0 Å². The van der Waals surface area contributed by atoms with E-state index in [0.717, 1.165) is 17.7 Å². The second-order valence-corrected chi connectivity index (χ2v) is 5.49. The molecule has 1 N–H and O–H groups in total. The van der Waals surface area contributed by atoms with Crippen molar-refractivity contribution in [2.75, 3.05) is 0 Å². The van der Waals surface area contributed by atoms with Gasteiger partial charge in [0.1, 0.15) is 11.9 Å². The number of benzene rings is 1. The van der Waals surface area contributed by atoms with Gasteiger partial charge in [-0.3, -0.25) is 0 Å². The van der Waals surface area contributed by atoms with Crippen molar-refractivity contribution in [3.8, 4) is 5.75 Å². The summed E-state index contributed by atoms with van der Waals surface area (Å²) in [6.45, 7) is 2.05. The highest BCUT2D eigenvalue weighted by Crippen LogP contribution is 2.41. The first-order chi connectivity index (χ1) is 8.24. The summed E-state index contributed by atoms with van der Waals surface area (Å²) in [5.41, 5.74) is 2.16. The minimum absolute atomic E-state index is 0.225. The lowest BCUT2D eigenvalue weighted by atomic mass is 9.90. The summed E-state index contributed by atoms with van der Waals surface area (Å²) in [7, 11) is 0. The lowest BCUT2D eigenvalue weighted by molar-refractivity contribution is 0.0355. The largest absolute Gasteiger partial charge is 0.490 e. The van der Waals surface area contributed by atoms with Crippen molar-refractivity contribution in [2.45, 2.75) is 51.2 Å². The topological polar surface area (TPSA) is 29.5 Å². The molecule has 1 heterocycles. The molecule has 1 unspecified atom stereocenters. The maximum Gasteiger partial charge on any atom is 0.125 e. The molecule has 1 aromatic rings. The van der Waals surface area contributed by atoms with Gasteiger partial charge in [0.2, 0.25) is 0 Å². The Kier molecular flexibility index (Phi) is 2.83. The van der Waals surface area contributed by atoms with E-state index in [9.17, 15) is 5.11 Å². The van der Waals surface area contributed by atoms with Crippen molar-refractivity contribution in [1.82, 2.24) is 0 Å². The first-order valence-electron chi connectivity index (χ1n) is 6.69. The molecule has 1 aliphatic carbocycles. The summed E-state index contributed by atoms with van der Waals surface area (Å²) in [5.74, 6) is 1.55. The summed E-state index contributed by atoms with van der Waals surface area (Å²) < 4.78 is 6.08. The van der Waals surface area contributed by atoms with Crippen LogP contribution in [0.1, 0.15) is 49.3 Å². The van der Waals surface area contributed by atoms with E-state index >= 15 is 0 Å². The van der Waals surface area contributed by atoms with E-state index in [2.05, 4.69) is 13.0 Å². The van der Waals surface area contributed by atoms with Crippen LogP contribution < -0.4 is 4.74 Å². The molecule has 1 aliphatic heterocycles. The molecule has 1 fully saturated rings. The maximum atomic E-state index is 10.2. The van der Waals surface area contributed by atoms with Crippen LogP contribution in [0.2, 0.25) is 0 Å². The molecule has 1 aromatic carbocycles. The van der Waals surface area contributed by atoms with Gasteiger partial charge < -0.3 is 9.84 Å². The predicted molar refractivity (Wildman–Crippen MR) is 67.1 cm³/mol. The van der Waals surface area contributed by atoms with Crippen molar-refractivity contribution < 1.29 is 9.84 Å². The predicted octanol–water partition coefficient (Wildman–Crippen LogP) is 3.37. The Labute approximate surface area is 103 Å². The van der Waals surface area contributed by atoms with Crippen LogP contribution >= 0.6 is 0 Å². The van der Waals surface area contributed by atoms with Crippen LogP contribution in [0.25, 0.3) is 0 Å². The minimum atomic E-state index is -0.343. The highest BCUT2D eigenvalue weighted by Gasteiger charge is 2.33. The van der Waals surface area contributed by atoms with Crippen LogP contribution in [-0.2, 0) is 0 Å². The Balaban J connectivity index is 1.84. The van der Waals surface area contributed by atoms with Crippen molar-refractivity contribution in [2.24, 2.45) is 5.92 Å². The molecule has 0 amide bonds. The number of ether oxygens (including phenoxy) is 1. The highest BCUT2D eigenvalue weighted by atomic mass is 16.5. The molecular formula is C15H20O2. The van der Waals surface area contributed by atoms with E-state index in [-0.39, 0.29) is 12.2 Å². The highest BCUT2D eigenvalue weighted by molar-refractivity contribution is 5.40. The quantitative estimate of drug-likeness (QED) is 0.804. The number of rotatable bonds is 1. The average molecular weight is 232 g/mol. The number of aryl methyl sites for hydroxylation is 1. The summed E-state index contributed by atoms with van der Waals surface area (Å²) in [5, 5.41) is 10.2. The zero-order chi connectivity index (χ0) is 11.8. The molecule has 0 spiro atoms. The van der Waals surface area contributed by atoms with Gasteiger partial charge in [-0.15, -0.1) is 0 Å².